The third-order valence-electron chi connectivity index (χ3n) is 3.54. The Kier molecular flexibility index (Phi) is 4.48. The predicted octanol–water partition coefficient (Wildman–Crippen LogP) is 2.66. The molecule has 19 heavy (non-hydrogen) atoms. The lowest BCUT2D eigenvalue weighted by Crippen LogP contribution is -2.49. The van der Waals surface area contributed by atoms with Crippen molar-refractivity contribution in [1.82, 2.24) is 5.32 Å². The van der Waals surface area contributed by atoms with Gasteiger partial charge in [0.15, 0.2) is 0 Å². The quantitative estimate of drug-likeness (QED) is 0.794. The Bertz CT molecular complexity index is 417. The molecule has 1 fully saturated rings. The summed E-state index contributed by atoms with van der Waals surface area (Å²) in [6, 6.07) is 8.67. The van der Waals surface area contributed by atoms with Gasteiger partial charge in [-0.15, -0.1) is 0 Å². The van der Waals surface area contributed by atoms with Gasteiger partial charge in [-0.25, -0.2) is 0 Å². The Morgan fingerprint density at radius 2 is 2.21 bits per heavy atom. The van der Waals surface area contributed by atoms with E-state index in [0.717, 1.165) is 12.2 Å². The van der Waals surface area contributed by atoms with Crippen LogP contribution in [0.5, 0.6) is 5.75 Å². The number of aliphatic hydroxyl groups is 1. The van der Waals surface area contributed by atoms with Crippen LogP contribution >= 0.6 is 0 Å². The topological polar surface area (TPSA) is 41.5 Å². The lowest BCUT2D eigenvalue weighted by atomic mass is 9.95. The Morgan fingerprint density at radius 3 is 2.79 bits per heavy atom. The van der Waals surface area contributed by atoms with Crippen molar-refractivity contribution in [1.29, 1.82) is 0 Å². The molecule has 106 valence electrons. The van der Waals surface area contributed by atoms with Gasteiger partial charge in [0.05, 0.1) is 12.7 Å². The van der Waals surface area contributed by atoms with Crippen LogP contribution in [0.25, 0.3) is 0 Å². The summed E-state index contributed by atoms with van der Waals surface area (Å²) in [6.07, 6.45) is 3.32. The van der Waals surface area contributed by atoms with Crippen LogP contribution in [0, 0.1) is 6.92 Å². The van der Waals surface area contributed by atoms with E-state index in [4.69, 9.17) is 4.74 Å². The molecule has 0 spiro atoms. The van der Waals surface area contributed by atoms with E-state index in [1.807, 2.05) is 18.2 Å². The molecule has 0 amide bonds. The Hall–Kier alpha value is -1.06. The fraction of sp³-hybridized carbons (Fsp3) is 0.625. The lowest BCUT2D eigenvalue weighted by Gasteiger charge is -2.32. The van der Waals surface area contributed by atoms with Crippen molar-refractivity contribution in [2.45, 2.75) is 57.7 Å². The predicted molar refractivity (Wildman–Crippen MR) is 77.5 cm³/mol. The van der Waals surface area contributed by atoms with Crippen LogP contribution in [-0.4, -0.2) is 29.4 Å². The minimum Gasteiger partial charge on any atom is -0.491 e. The first-order valence-electron chi connectivity index (χ1n) is 7.13. The number of aliphatic hydroxyl groups excluding tert-OH is 1. The Morgan fingerprint density at radius 1 is 1.47 bits per heavy atom. The van der Waals surface area contributed by atoms with Gasteiger partial charge in [0, 0.05) is 18.0 Å². The molecule has 0 aliphatic heterocycles. The van der Waals surface area contributed by atoms with Gasteiger partial charge in [0.2, 0.25) is 0 Å². The van der Waals surface area contributed by atoms with Gasteiger partial charge in [0.1, 0.15) is 5.75 Å². The second-order valence-corrected chi connectivity index (χ2v) is 6.09. The average Bonchev–Trinajstić information content (AvgIpc) is 3.12. The fourth-order valence-electron chi connectivity index (χ4n) is 2.49. The molecule has 1 saturated carbocycles. The summed E-state index contributed by atoms with van der Waals surface area (Å²) in [5.41, 5.74) is 0.954. The first-order chi connectivity index (χ1) is 9.00. The first-order valence-corrected chi connectivity index (χ1v) is 7.13. The summed E-state index contributed by atoms with van der Waals surface area (Å²) < 4.78 is 5.94. The fourth-order valence-corrected chi connectivity index (χ4v) is 2.49. The number of hydrogen-bond acceptors (Lipinski definition) is 3. The van der Waals surface area contributed by atoms with Crippen LogP contribution in [-0.2, 0) is 0 Å². The number of hydrogen-bond donors (Lipinski definition) is 2. The molecule has 0 aromatic heterocycles. The monoisotopic (exact) mass is 263 g/mol. The molecule has 1 aromatic rings. The van der Waals surface area contributed by atoms with Gasteiger partial charge in [-0.3, -0.25) is 0 Å². The molecule has 0 saturated heterocycles. The summed E-state index contributed by atoms with van der Waals surface area (Å²) in [5.74, 6) is 0.902. The van der Waals surface area contributed by atoms with E-state index < -0.39 is 0 Å². The first kappa shape index (κ1) is 14.4. The lowest BCUT2D eigenvalue weighted by molar-refractivity contribution is 0.108. The summed E-state index contributed by atoms with van der Waals surface area (Å²) in [5, 5.41) is 13.1. The minimum atomic E-state index is -0.246. The number of nitrogens with one attached hydrogen (secondary N) is 1. The SMILES string of the molecule is Cc1cccc(OC(C)CC(C)(CO)NC2CC2)c1. The van der Waals surface area contributed by atoms with Crippen molar-refractivity contribution in [3.63, 3.8) is 0 Å². The molecule has 3 heteroatoms. The maximum atomic E-state index is 9.60. The average molecular weight is 263 g/mol. The zero-order valence-corrected chi connectivity index (χ0v) is 12.1. The summed E-state index contributed by atoms with van der Waals surface area (Å²) >= 11 is 0. The molecule has 2 atom stereocenters. The largest absolute Gasteiger partial charge is 0.491 e. The van der Waals surface area contributed by atoms with Gasteiger partial charge in [-0.05, 0) is 51.3 Å². The zero-order valence-electron chi connectivity index (χ0n) is 12.1. The Labute approximate surface area is 116 Å². The molecular formula is C16H25NO2. The molecular weight excluding hydrogens is 238 g/mol. The maximum Gasteiger partial charge on any atom is 0.119 e. The van der Waals surface area contributed by atoms with E-state index in [-0.39, 0.29) is 18.2 Å². The van der Waals surface area contributed by atoms with E-state index in [1.165, 1.54) is 18.4 Å². The van der Waals surface area contributed by atoms with Gasteiger partial charge >= 0.3 is 0 Å². The molecule has 0 bridgehead atoms. The van der Waals surface area contributed by atoms with Crippen LogP contribution in [0.2, 0.25) is 0 Å². The van der Waals surface area contributed by atoms with Gasteiger partial charge in [-0.2, -0.15) is 0 Å². The summed E-state index contributed by atoms with van der Waals surface area (Å²) in [4.78, 5) is 0. The van der Waals surface area contributed by atoms with Crippen molar-refractivity contribution in [3.05, 3.63) is 29.8 Å². The number of rotatable bonds is 7. The summed E-state index contributed by atoms with van der Waals surface area (Å²) in [7, 11) is 0. The van der Waals surface area contributed by atoms with Crippen molar-refractivity contribution in [2.75, 3.05) is 6.61 Å². The number of ether oxygens (including phenoxy) is 1. The third kappa shape index (κ3) is 4.51. The number of aryl methyl sites for hydroxylation is 1. The minimum absolute atomic E-state index is 0.0743. The van der Waals surface area contributed by atoms with Crippen LogP contribution in [0.4, 0.5) is 0 Å². The second-order valence-electron chi connectivity index (χ2n) is 6.09. The van der Waals surface area contributed by atoms with Crippen molar-refractivity contribution < 1.29 is 9.84 Å². The van der Waals surface area contributed by atoms with E-state index in [2.05, 4.69) is 32.2 Å². The third-order valence-corrected chi connectivity index (χ3v) is 3.54. The molecule has 0 heterocycles. The molecule has 1 aromatic carbocycles. The van der Waals surface area contributed by atoms with Crippen LogP contribution in [0.1, 0.15) is 38.7 Å². The van der Waals surface area contributed by atoms with Crippen molar-refractivity contribution in [3.8, 4) is 5.75 Å². The molecule has 1 aliphatic rings. The normalized spacial score (nSPS) is 19.8. The number of benzene rings is 1. The summed E-state index contributed by atoms with van der Waals surface area (Å²) in [6.45, 7) is 6.33. The highest BCUT2D eigenvalue weighted by atomic mass is 16.5. The van der Waals surface area contributed by atoms with Crippen LogP contribution in [0.3, 0.4) is 0 Å². The molecule has 2 N–H and O–H groups in total. The van der Waals surface area contributed by atoms with Gasteiger partial charge in [-0.1, -0.05) is 12.1 Å². The second kappa shape index (κ2) is 5.93. The Balaban J connectivity index is 1.89. The molecule has 2 rings (SSSR count). The molecule has 3 nitrogen and oxygen atoms in total. The molecule has 2 unspecified atom stereocenters. The highest BCUT2D eigenvalue weighted by Crippen LogP contribution is 2.25. The van der Waals surface area contributed by atoms with Gasteiger partial charge < -0.3 is 15.2 Å². The van der Waals surface area contributed by atoms with E-state index in [1.54, 1.807) is 0 Å². The van der Waals surface area contributed by atoms with Crippen molar-refractivity contribution >= 4 is 0 Å². The van der Waals surface area contributed by atoms with Crippen LogP contribution < -0.4 is 10.1 Å². The van der Waals surface area contributed by atoms with Crippen molar-refractivity contribution in [2.24, 2.45) is 0 Å². The van der Waals surface area contributed by atoms with E-state index >= 15 is 0 Å². The smallest absolute Gasteiger partial charge is 0.119 e. The highest BCUT2D eigenvalue weighted by molar-refractivity contribution is 5.27. The molecule has 1 aliphatic carbocycles. The highest BCUT2D eigenvalue weighted by Gasteiger charge is 2.33. The standard InChI is InChI=1S/C16H25NO2/c1-12-5-4-6-15(9-12)19-13(2)10-16(3,11-18)17-14-7-8-14/h4-6,9,13-14,17-18H,7-8,10-11H2,1-3H3. The van der Waals surface area contributed by atoms with Crippen LogP contribution in [0.15, 0.2) is 24.3 Å². The van der Waals surface area contributed by atoms with E-state index in [0.29, 0.717) is 6.04 Å². The van der Waals surface area contributed by atoms with E-state index in [9.17, 15) is 5.11 Å². The zero-order chi connectivity index (χ0) is 13.9. The maximum absolute atomic E-state index is 9.60. The van der Waals surface area contributed by atoms with Gasteiger partial charge in [0.25, 0.3) is 0 Å². The molecule has 0 radical (unpaired) electrons.